The number of hydrogen-bond acceptors (Lipinski definition) is 2. The van der Waals surface area contributed by atoms with E-state index < -0.39 is 0 Å². The fourth-order valence-electron chi connectivity index (χ4n) is 1.96. The summed E-state index contributed by atoms with van der Waals surface area (Å²) in [5.74, 6) is 0.899. The van der Waals surface area contributed by atoms with Crippen LogP contribution in [0, 0.1) is 0 Å². The lowest BCUT2D eigenvalue weighted by molar-refractivity contribution is 0.537. The number of rotatable bonds is 8. The first kappa shape index (κ1) is 19.7. The molecule has 0 aromatic carbocycles. The number of nitrogens with zero attached hydrogens (tertiary/aromatic N) is 1. The summed E-state index contributed by atoms with van der Waals surface area (Å²) in [5.41, 5.74) is 0. The van der Waals surface area contributed by atoms with Crippen molar-refractivity contribution in [3.05, 3.63) is 22.4 Å². The van der Waals surface area contributed by atoms with Crippen molar-refractivity contribution in [1.82, 2.24) is 10.6 Å². The average molecular weight is 409 g/mol. The summed E-state index contributed by atoms with van der Waals surface area (Å²) in [5, 5.41) is 8.90. The molecule has 0 aliphatic rings. The van der Waals surface area contributed by atoms with Gasteiger partial charge in [-0.2, -0.15) is 0 Å². The zero-order valence-electron chi connectivity index (χ0n) is 12.8. The van der Waals surface area contributed by atoms with E-state index in [2.05, 4.69) is 47.0 Å². The molecule has 2 N–H and O–H groups in total. The molecule has 5 heteroatoms. The second kappa shape index (κ2) is 12.4. The molecule has 0 spiro atoms. The fraction of sp³-hybridized carbons (Fsp3) is 0.667. The normalized spacial score (nSPS) is 12.7. The van der Waals surface area contributed by atoms with Crippen molar-refractivity contribution in [3.63, 3.8) is 0 Å². The molecular weight excluding hydrogens is 381 g/mol. The van der Waals surface area contributed by atoms with Gasteiger partial charge in [-0.1, -0.05) is 38.7 Å². The summed E-state index contributed by atoms with van der Waals surface area (Å²) < 4.78 is 0. The Bertz CT molecular complexity index is 352. The third-order valence-electron chi connectivity index (χ3n) is 3.11. The van der Waals surface area contributed by atoms with Crippen molar-refractivity contribution in [2.45, 2.75) is 58.5 Å². The quantitative estimate of drug-likeness (QED) is 0.289. The fourth-order valence-corrected chi connectivity index (χ4v) is 2.61. The lowest BCUT2D eigenvalue weighted by atomic mass is 10.1. The second-order valence-electron chi connectivity index (χ2n) is 4.90. The minimum Gasteiger partial charge on any atom is -0.354 e. The minimum absolute atomic E-state index is 0. The number of hydrogen-bond donors (Lipinski definition) is 2. The van der Waals surface area contributed by atoms with Crippen LogP contribution in [0.15, 0.2) is 22.5 Å². The summed E-state index contributed by atoms with van der Waals surface area (Å²) in [6.45, 7) is 5.32. The molecule has 1 aromatic heterocycles. The van der Waals surface area contributed by atoms with Gasteiger partial charge in [0.25, 0.3) is 0 Å². The average Bonchev–Trinajstić information content (AvgIpc) is 2.92. The van der Waals surface area contributed by atoms with Gasteiger partial charge in [0.1, 0.15) is 0 Å². The number of thiophene rings is 1. The highest BCUT2D eigenvalue weighted by atomic mass is 127. The molecule has 1 heterocycles. The SMILES string of the molecule is CCCCCCC(C)NC(=NC)NCc1cccs1.I. The summed E-state index contributed by atoms with van der Waals surface area (Å²) in [6, 6.07) is 4.69. The van der Waals surface area contributed by atoms with Gasteiger partial charge in [-0.15, -0.1) is 35.3 Å². The van der Waals surface area contributed by atoms with Crippen LogP contribution < -0.4 is 10.6 Å². The maximum Gasteiger partial charge on any atom is 0.191 e. The zero-order chi connectivity index (χ0) is 13.9. The first-order valence-corrected chi connectivity index (χ1v) is 8.13. The van der Waals surface area contributed by atoms with E-state index in [-0.39, 0.29) is 24.0 Å². The van der Waals surface area contributed by atoms with E-state index in [0.717, 1.165) is 12.5 Å². The van der Waals surface area contributed by atoms with Crippen LogP contribution in [0.4, 0.5) is 0 Å². The molecule has 1 aromatic rings. The molecule has 0 fully saturated rings. The van der Waals surface area contributed by atoms with Gasteiger partial charge in [0.05, 0.1) is 6.54 Å². The molecule has 1 atom stereocenters. The molecule has 0 saturated heterocycles. The Morgan fingerprint density at radius 3 is 2.75 bits per heavy atom. The first-order valence-electron chi connectivity index (χ1n) is 7.25. The van der Waals surface area contributed by atoms with Crippen LogP contribution >= 0.6 is 35.3 Å². The Hall–Kier alpha value is -0.300. The van der Waals surface area contributed by atoms with Gasteiger partial charge in [0, 0.05) is 18.0 Å². The smallest absolute Gasteiger partial charge is 0.191 e. The van der Waals surface area contributed by atoms with Crippen LogP contribution in [0.3, 0.4) is 0 Å². The van der Waals surface area contributed by atoms with Crippen LogP contribution in [-0.2, 0) is 6.54 Å². The molecule has 0 bridgehead atoms. The lowest BCUT2D eigenvalue weighted by Crippen LogP contribution is -2.41. The van der Waals surface area contributed by atoms with Crippen molar-refractivity contribution in [1.29, 1.82) is 0 Å². The van der Waals surface area contributed by atoms with E-state index in [1.165, 1.54) is 37.0 Å². The maximum absolute atomic E-state index is 4.27. The molecule has 20 heavy (non-hydrogen) atoms. The molecule has 1 rings (SSSR count). The number of unbranched alkanes of at least 4 members (excludes halogenated alkanes) is 3. The van der Waals surface area contributed by atoms with Gasteiger partial charge in [0.15, 0.2) is 5.96 Å². The van der Waals surface area contributed by atoms with Gasteiger partial charge in [0.2, 0.25) is 0 Å². The van der Waals surface area contributed by atoms with Crippen molar-refractivity contribution < 1.29 is 0 Å². The van der Waals surface area contributed by atoms with Crippen LogP contribution in [0.2, 0.25) is 0 Å². The van der Waals surface area contributed by atoms with Gasteiger partial charge >= 0.3 is 0 Å². The van der Waals surface area contributed by atoms with Crippen molar-refractivity contribution in [2.75, 3.05) is 7.05 Å². The highest BCUT2D eigenvalue weighted by molar-refractivity contribution is 14.0. The van der Waals surface area contributed by atoms with E-state index in [1.807, 2.05) is 7.05 Å². The maximum atomic E-state index is 4.27. The Labute approximate surface area is 144 Å². The van der Waals surface area contributed by atoms with Gasteiger partial charge in [-0.05, 0) is 24.8 Å². The van der Waals surface area contributed by atoms with E-state index in [4.69, 9.17) is 0 Å². The largest absolute Gasteiger partial charge is 0.354 e. The third-order valence-corrected chi connectivity index (χ3v) is 3.98. The van der Waals surface area contributed by atoms with Gasteiger partial charge < -0.3 is 10.6 Å². The molecule has 0 saturated carbocycles. The zero-order valence-corrected chi connectivity index (χ0v) is 16.0. The van der Waals surface area contributed by atoms with Gasteiger partial charge in [-0.3, -0.25) is 4.99 Å². The molecular formula is C15H28IN3S. The molecule has 0 aliphatic carbocycles. The Morgan fingerprint density at radius 2 is 2.15 bits per heavy atom. The van der Waals surface area contributed by atoms with Crippen LogP contribution in [0.25, 0.3) is 0 Å². The summed E-state index contributed by atoms with van der Waals surface area (Å²) in [7, 11) is 1.83. The van der Waals surface area contributed by atoms with Crippen LogP contribution in [0.1, 0.15) is 50.8 Å². The van der Waals surface area contributed by atoms with Crippen molar-refractivity contribution >= 4 is 41.3 Å². The van der Waals surface area contributed by atoms with Gasteiger partial charge in [-0.25, -0.2) is 0 Å². The molecule has 0 aliphatic heterocycles. The monoisotopic (exact) mass is 409 g/mol. The third kappa shape index (κ3) is 8.79. The van der Waals surface area contributed by atoms with Crippen LogP contribution in [0.5, 0.6) is 0 Å². The summed E-state index contributed by atoms with van der Waals surface area (Å²) in [4.78, 5) is 5.60. The molecule has 0 radical (unpaired) electrons. The summed E-state index contributed by atoms with van der Waals surface area (Å²) >= 11 is 1.77. The first-order chi connectivity index (χ1) is 9.26. The molecule has 1 unspecified atom stereocenters. The lowest BCUT2D eigenvalue weighted by Gasteiger charge is -2.17. The van der Waals surface area contributed by atoms with Crippen molar-refractivity contribution in [3.8, 4) is 0 Å². The highest BCUT2D eigenvalue weighted by Crippen LogP contribution is 2.07. The standard InChI is InChI=1S/C15H27N3S.HI/c1-4-5-6-7-9-13(2)18-15(16-3)17-12-14-10-8-11-19-14;/h8,10-11,13H,4-7,9,12H2,1-3H3,(H2,16,17,18);1H. The Balaban J connectivity index is 0.00000361. The van der Waals surface area contributed by atoms with Crippen molar-refractivity contribution in [2.24, 2.45) is 4.99 Å². The number of aliphatic imine (C=N–C) groups is 1. The summed E-state index contributed by atoms with van der Waals surface area (Å²) in [6.07, 6.45) is 6.48. The van der Waals surface area contributed by atoms with Crippen LogP contribution in [-0.4, -0.2) is 19.0 Å². The van der Waals surface area contributed by atoms with E-state index in [9.17, 15) is 0 Å². The van der Waals surface area contributed by atoms with E-state index >= 15 is 0 Å². The molecule has 3 nitrogen and oxygen atoms in total. The second-order valence-corrected chi connectivity index (χ2v) is 5.93. The minimum atomic E-state index is 0. The molecule has 0 amide bonds. The molecule has 116 valence electrons. The number of halogens is 1. The Kier molecular flexibility index (Phi) is 12.3. The van der Waals surface area contributed by atoms with E-state index in [0.29, 0.717) is 6.04 Å². The number of guanidine groups is 1. The predicted octanol–water partition coefficient (Wildman–Crippen LogP) is 4.39. The number of nitrogens with one attached hydrogen (secondary N) is 2. The van der Waals surface area contributed by atoms with E-state index in [1.54, 1.807) is 11.3 Å². The Morgan fingerprint density at radius 1 is 1.35 bits per heavy atom. The topological polar surface area (TPSA) is 36.4 Å². The predicted molar refractivity (Wildman–Crippen MR) is 101 cm³/mol. The highest BCUT2D eigenvalue weighted by Gasteiger charge is 2.05.